The first kappa shape index (κ1) is 32.7. The van der Waals surface area contributed by atoms with E-state index in [4.69, 9.17) is 14.2 Å². The molecule has 7 rings (SSSR count). The zero-order valence-corrected chi connectivity index (χ0v) is 28.4. The van der Waals surface area contributed by atoms with Crippen LogP contribution in [0.4, 0.5) is 5.69 Å². The van der Waals surface area contributed by atoms with Crippen LogP contribution >= 0.6 is 0 Å². The van der Waals surface area contributed by atoms with Gasteiger partial charge in [0.05, 0.1) is 18.5 Å². The lowest BCUT2D eigenvalue weighted by Gasteiger charge is -2.41. The lowest BCUT2D eigenvalue weighted by Crippen LogP contribution is -2.41. The van der Waals surface area contributed by atoms with Gasteiger partial charge < -0.3 is 19.1 Å². The van der Waals surface area contributed by atoms with E-state index in [1.807, 2.05) is 55.5 Å². The Bertz CT molecular complexity index is 1870. The van der Waals surface area contributed by atoms with E-state index in [0.29, 0.717) is 19.6 Å². The Morgan fingerprint density at radius 1 is 0.918 bits per heavy atom. The number of piperidine rings is 1. The molecular weight excluding hydrogens is 616 g/mol. The molecule has 49 heavy (non-hydrogen) atoms. The van der Waals surface area contributed by atoms with Crippen LogP contribution in [0.1, 0.15) is 62.8 Å². The van der Waals surface area contributed by atoms with Crippen LogP contribution in [0.3, 0.4) is 0 Å². The minimum atomic E-state index is -0.899. The maximum absolute atomic E-state index is 12.8. The molecule has 0 saturated carbocycles. The molecule has 10 nitrogen and oxygen atoms in total. The van der Waals surface area contributed by atoms with Crippen LogP contribution in [0.5, 0.6) is 5.75 Å². The Morgan fingerprint density at radius 3 is 2.35 bits per heavy atom. The molecule has 2 aliphatic heterocycles. The number of ether oxygens (including phenoxy) is 3. The maximum Gasteiger partial charge on any atom is 0.350 e. The summed E-state index contributed by atoms with van der Waals surface area (Å²) >= 11 is 0. The van der Waals surface area contributed by atoms with Crippen LogP contribution in [0, 0.1) is 0 Å². The van der Waals surface area contributed by atoms with Gasteiger partial charge in [0.25, 0.3) is 0 Å². The van der Waals surface area contributed by atoms with E-state index in [0.717, 1.165) is 60.6 Å². The van der Waals surface area contributed by atoms with Crippen LogP contribution in [-0.2, 0) is 27.1 Å². The number of nitrogens with zero attached hydrogens (tertiary/aromatic N) is 6. The fraction of sp³-hybridized carbons (Fsp3) is 0.385. The van der Waals surface area contributed by atoms with Crippen molar-refractivity contribution in [3.63, 3.8) is 0 Å². The molecule has 2 aliphatic rings. The summed E-state index contributed by atoms with van der Waals surface area (Å²) in [6, 6.07) is 28.8. The van der Waals surface area contributed by atoms with Gasteiger partial charge in [-0.1, -0.05) is 56.3 Å². The second-order valence-corrected chi connectivity index (χ2v) is 13.5. The molecule has 254 valence electrons. The number of rotatable bonds is 11. The van der Waals surface area contributed by atoms with E-state index >= 15 is 0 Å². The topological polar surface area (TPSA) is 96.5 Å². The summed E-state index contributed by atoms with van der Waals surface area (Å²) in [7, 11) is 0. The highest BCUT2D eigenvalue weighted by Gasteiger charge is 2.43. The fourth-order valence-corrected chi connectivity index (χ4v) is 6.86. The molecule has 0 amide bonds. The molecule has 2 aromatic heterocycles. The number of anilines is 1. The van der Waals surface area contributed by atoms with Crippen molar-refractivity contribution in [3.05, 3.63) is 131 Å². The largest absolute Gasteiger partial charge is 0.491 e. The van der Waals surface area contributed by atoms with Gasteiger partial charge in [0.1, 0.15) is 24.8 Å². The summed E-state index contributed by atoms with van der Waals surface area (Å²) in [5.74, 6) is -0.0818. The molecule has 2 saturated heterocycles. The highest BCUT2D eigenvalue weighted by Crippen LogP contribution is 2.39. The average molecular weight is 661 g/mol. The Balaban J connectivity index is 0.938. The van der Waals surface area contributed by atoms with Gasteiger partial charge in [-0.25, -0.2) is 4.79 Å². The van der Waals surface area contributed by atoms with Gasteiger partial charge in [-0.2, -0.15) is 20.0 Å². The van der Waals surface area contributed by atoms with Gasteiger partial charge in [-0.05, 0) is 85.2 Å². The molecule has 0 bridgehead atoms. The smallest absolute Gasteiger partial charge is 0.350 e. The first-order valence-corrected chi connectivity index (χ1v) is 17.2. The average Bonchev–Trinajstić information content (AvgIpc) is 3.75. The summed E-state index contributed by atoms with van der Waals surface area (Å²) in [6.07, 6.45) is 8.34. The van der Waals surface area contributed by atoms with Crippen molar-refractivity contribution in [3.8, 4) is 11.4 Å². The van der Waals surface area contributed by atoms with E-state index in [2.05, 4.69) is 70.4 Å². The monoisotopic (exact) mass is 660 g/mol. The van der Waals surface area contributed by atoms with E-state index in [1.165, 1.54) is 10.2 Å². The summed E-state index contributed by atoms with van der Waals surface area (Å²) in [5, 5.41) is 12.3. The zero-order valence-electron chi connectivity index (χ0n) is 28.4. The highest BCUT2D eigenvalue weighted by molar-refractivity contribution is 5.51. The van der Waals surface area contributed by atoms with Crippen molar-refractivity contribution in [1.29, 1.82) is 0 Å². The number of hydrogen-bond acceptors (Lipinski definition) is 8. The van der Waals surface area contributed by atoms with Gasteiger partial charge in [0.15, 0.2) is 5.79 Å². The first-order chi connectivity index (χ1) is 23.9. The maximum atomic E-state index is 12.8. The molecule has 3 aromatic carbocycles. The molecule has 2 fully saturated rings. The van der Waals surface area contributed by atoms with Gasteiger partial charge >= 0.3 is 5.69 Å². The SMILES string of the molecule is CCC(C)n1cnn(-c2ccc(N3CCC(C)(c4ccc(OC[C@@H]5CO[C@](Cc6ccnnc6)(c6ccccc6)O5)cc4)CC3)cc2)c1=O. The van der Waals surface area contributed by atoms with Crippen LogP contribution < -0.4 is 15.3 Å². The predicted octanol–water partition coefficient (Wildman–Crippen LogP) is 6.24. The molecule has 3 atom stereocenters. The summed E-state index contributed by atoms with van der Waals surface area (Å²) in [6.45, 7) is 9.19. The third-order valence-electron chi connectivity index (χ3n) is 10.2. The van der Waals surface area contributed by atoms with E-state index in [9.17, 15) is 4.79 Å². The Kier molecular flexibility index (Phi) is 9.33. The Hall–Kier alpha value is -4.80. The van der Waals surface area contributed by atoms with E-state index < -0.39 is 5.79 Å². The van der Waals surface area contributed by atoms with E-state index in [1.54, 1.807) is 23.3 Å². The Labute approximate surface area is 287 Å². The highest BCUT2D eigenvalue weighted by atomic mass is 16.8. The van der Waals surface area contributed by atoms with Gasteiger partial charge in [-0.3, -0.25) is 4.57 Å². The number of aromatic nitrogens is 5. The molecule has 4 heterocycles. The molecular formula is C39H44N6O4. The quantitative estimate of drug-likeness (QED) is 0.164. The summed E-state index contributed by atoms with van der Waals surface area (Å²) < 4.78 is 22.3. The van der Waals surface area contributed by atoms with Crippen molar-refractivity contribution in [2.75, 3.05) is 31.2 Å². The molecule has 5 aromatic rings. The van der Waals surface area contributed by atoms with Gasteiger partial charge in [0.2, 0.25) is 0 Å². The third kappa shape index (κ3) is 6.89. The Morgan fingerprint density at radius 2 is 1.65 bits per heavy atom. The molecule has 0 radical (unpaired) electrons. The van der Waals surface area contributed by atoms with Crippen molar-refractivity contribution in [1.82, 2.24) is 24.5 Å². The van der Waals surface area contributed by atoms with Gasteiger partial charge in [0, 0.05) is 43.0 Å². The normalized spacial score (nSPS) is 21.0. The van der Waals surface area contributed by atoms with Crippen LogP contribution in [0.2, 0.25) is 0 Å². The van der Waals surface area contributed by atoms with Crippen molar-refractivity contribution in [2.45, 2.75) is 69.8 Å². The molecule has 0 N–H and O–H groups in total. The van der Waals surface area contributed by atoms with Crippen LogP contribution in [-0.4, -0.2) is 57.0 Å². The predicted molar refractivity (Wildman–Crippen MR) is 188 cm³/mol. The molecule has 1 unspecified atom stereocenters. The van der Waals surface area contributed by atoms with Gasteiger partial charge in [-0.15, -0.1) is 0 Å². The zero-order chi connectivity index (χ0) is 33.8. The van der Waals surface area contributed by atoms with Crippen molar-refractivity contribution < 1.29 is 14.2 Å². The minimum Gasteiger partial charge on any atom is -0.491 e. The van der Waals surface area contributed by atoms with Crippen molar-refractivity contribution in [2.24, 2.45) is 0 Å². The second kappa shape index (κ2) is 14.0. The lowest BCUT2D eigenvalue weighted by atomic mass is 9.74. The summed E-state index contributed by atoms with van der Waals surface area (Å²) in [5.41, 5.74) is 5.20. The van der Waals surface area contributed by atoms with Crippen LogP contribution in [0.25, 0.3) is 5.69 Å². The molecule has 0 spiro atoms. The standard InChI is InChI=1S/C39H44N6O4/c1-4-29(2)44-28-42-45(37(44)46)34-14-12-33(13-15-34)43-22-19-38(3,20-23-43)31-10-16-35(17-11-31)47-26-36-27-48-39(49-36,32-8-6-5-7-9-32)24-30-18-21-40-41-25-30/h5-18,21,25,28-29,36H,4,19-20,22-24,26-27H2,1-3H3/t29?,36-,39+/m1/s1. The number of hydrogen-bond donors (Lipinski definition) is 0. The van der Waals surface area contributed by atoms with Crippen molar-refractivity contribution >= 4 is 5.69 Å². The first-order valence-electron chi connectivity index (χ1n) is 17.2. The minimum absolute atomic E-state index is 0.0740. The number of benzene rings is 3. The summed E-state index contributed by atoms with van der Waals surface area (Å²) in [4.78, 5) is 15.3. The third-order valence-corrected chi connectivity index (χ3v) is 10.2. The molecule has 0 aliphatic carbocycles. The molecule has 10 heteroatoms. The van der Waals surface area contributed by atoms with E-state index in [-0.39, 0.29) is 23.3 Å². The fourth-order valence-electron chi connectivity index (χ4n) is 6.86. The second-order valence-electron chi connectivity index (χ2n) is 13.5. The lowest BCUT2D eigenvalue weighted by molar-refractivity contribution is -0.178. The van der Waals surface area contributed by atoms with Crippen LogP contribution in [0.15, 0.2) is 108 Å².